The van der Waals surface area contributed by atoms with E-state index in [2.05, 4.69) is 15.9 Å². The molecule has 1 aromatic rings. The molecule has 3 heteroatoms. The Labute approximate surface area is 98.4 Å². The zero-order chi connectivity index (χ0) is 11.6. The van der Waals surface area contributed by atoms with Gasteiger partial charge in [-0.1, -0.05) is 13.0 Å². The average Bonchev–Trinajstić information content (AvgIpc) is 2.20. The van der Waals surface area contributed by atoms with Gasteiger partial charge in [-0.25, -0.2) is 0 Å². The summed E-state index contributed by atoms with van der Waals surface area (Å²) in [4.78, 5) is 10.4. The van der Waals surface area contributed by atoms with Gasteiger partial charge in [0.15, 0.2) is 0 Å². The lowest BCUT2D eigenvalue weighted by atomic mass is 9.94. The van der Waals surface area contributed by atoms with E-state index >= 15 is 0 Å². The molecule has 0 amide bonds. The van der Waals surface area contributed by atoms with Gasteiger partial charge in [0.05, 0.1) is 4.47 Å². The van der Waals surface area contributed by atoms with E-state index in [0.29, 0.717) is 6.42 Å². The van der Waals surface area contributed by atoms with E-state index in [1.54, 1.807) is 0 Å². The van der Waals surface area contributed by atoms with Crippen LogP contribution in [0.1, 0.15) is 36.0 Å². The number of benzene rings is 1. The minimum absolute atomic E-state index is 0.0538. The molecule has 0 fully saturated rings. The number of rotatable bonds is 3. The van der Waals surface area contributed by atoms with E-state index in [4.69, 9.17) is 0 Å². The molecule has 0 saturated carbocycles. The molecule has 0 aliphatic heterocycles. The zero-order valence-corrected chi connectivity index (χ0v) is 10.8. The number of aryl methyl sites for hydroxylation is 1. The summed E-state index contributed by atoms with van der Waals surface area (Å²) in [6.45, 7) is 5.88. The van der Waals surface area contributed by atoms with Crippen molar-refractivity contribution in [3.05, 3.63) is 27.2 Å². The number of carbonyl (C=O) groups is 1. The van der Waals surface area contributed by atoms with E-state index in [0.717, 1.165) is 27.4 Å². The number of hydrogen-bond donors (Lipinski definition) is 1. The summed E-state index contributed by atoms with van der Waals surface area (Å²) in [6, 6.07) is 1.95. The predicted molar refractivity (Wildman–Crippen MR) is 64.4 cm³/mol. The maximum Gasteiger partial charge on any atom is 0.133 e. The average molecular weight is 271 g/mol. The van der Waals surface area contributed by atoms with Crippen LogP contribution < -0.4 is 0 Å². The molecule has 0 aliphatic carbocycles. The normalized spacial score (nSPS) is 12.5. The van der Waals surface area contributed by atoms with Crippen LogP contribution in [0.25, 0.3) is 0 Å². The maximum absolute atomic E-state index is 10.4. The third kappa shape index (κ3) is 2.40. The van der Waals surface area contributed by atoms with Crippen molar-refractivity contribution in [2.75, 3.05) is 0 Å². The highest BCUT2D eigenvalue weighted by Gasteiger charge is 2.15. The summed E-state index contributed by atoms with van der Waals surface area (Å²) < 4.78 is 0.732. The maximum atomic E-state index is 10.4. The standard InChI is InChI=1S/C12H15BrO2/c1-7(4-5-14)10-6-8(2)9(3)11(13)12(10)15/h5-7,15H,4H2,1-3H3. The lowest BCUT2D eigenvalue weighted by molar-refractivity contribution is -0.108. The summed E-state index contributed by atoms with van der Waals surface area (Å²) in [5.74, 6) is 0.311. The summed E-state index contributed by atoms with van der Waals surface area (Å²) in [7, 11) is 0. The molecule has 1 N–H and O–H groups in total. The second kappa shape index (κ2) is 4.79. The molecule has 0 spiro atoms. The van der Waals surface area contributed by atoms with Crippen molar-refractivity contribution in [2.45, 2.75) is 33.1 Å². The van der Waals surface area contributed by atoms with Gasteiger partial charge in [-0.2, -0.15) is 0 Å². The Hall–Kier alpha value is -0.830. The number of halogens is 1. The number of phenolic OH excluding ortho intramolecular Hbond substituents is 1. The fourth-order valence-electron chi connectivity index (χ4n) is 1.53. The van der Waals surface area contributed by atoms with Crippen molar-refractivity contribution >= 4 is 22.2 Å². The van der Waals surface area contributed by atoms with E-state index in [9.17, 15) is 9.90 Å². The van der Waals surface area contributed by atoms with Gasteiger partial charge in [0.25, 0.3) is 0 Å². The zero-order valence-electron chi connectivity index (χ0n) is 9.17. The van der Waals surface area contributed by atoms with Gasteiger partial charge in [0, 0.05) is 6.42 Å². The van der Waals surface area contributed by atoms with Crippen molar-refractivity contribution in [3.63, 3.8) is 0 Å². The summed E-state index contributed by atoms with van der Waals surface area (Å²) in [5.41, 5.74) is 2.99. The molecule has 0 heterocycles. The van der Waals surface area contributed by atoms with Gasteiger partial charge in [-0.05, 0) is 52.4 Å². The smallest absolute Gasteiger partial charge is 0.133 e. The van der Waals surface area contributed by atoms with Crippen molar-refractivity contribution in [1.82, 2.24) is 0 Å². The molecule has 15 heavy (non-hydrogen) atoms. The Morgan fingerprint density at radius 3 is 2.67 bits per heavy atom. The highest BCUT2D eigenvalue weighted by Crippen LogP contribution is 2.37. The van der Waals surface area contributed by atoms with Crippen LogP contribution in [0.3, 0.4) is 0 Å². The molecule has 1 rings (SSSR count). The molecule has 0 radical (unpaired) electrons. The molecule has 1 unspecified atom stereocenters. The Morgan fingerprint density at radius 2 is 2.13 bits per heavy atom. The summed E-state index contributed by atoms with van der Waals surface area (Å²) >= 11 is 3.36. The first-order valence-electron chi connectivity index (χ1n) is 4.91. The summed E-state index contributed by atoms with van der Waals surface area (Å²) in [6.07, 6.45) is 1.32. The Morgan fingerprint density at radius 1 is 1.53 bits per heavy atom. The number of carbonyl (C=O) groups excluding carboxylic acids is 1. The molecule has 0 saturated heterocycles. The molecule has 0 aliphatic rings. The molecule has 0 bridgehead atoms. The Bertz CT molecular complexity index is 386. The van der Waals surface area contributed by atoms with Gasteiger partial charge in [0.2, 0.25) is 0 Å². The number of phenols is 1. The fourth-order valence-corrected chi connectivity index (χ4v) is 2.08. The number of hydrogen-bond acceptors (Lipinski definition) is 2. The van der Waals surface area contributed by atoms with Crippen LogP contribution in [0.2, 0.25) is 0 Å². The Balaban J connectivity index is 3.25. The van der Waals surface area contributed by atoms with Gasteiger partial charge < -0.3 is 9.90 Å². The van der Waals surface area contributed by atoms with Gasteiger partial charge >= 0.3 is 0 Å². The quantitative estimate of drug-likeness (QED) is 0.855. The second-order valence-corrected chi connectivity index (χ2v) is 4.67. The lowest BCUT2D eigenvalue weighted by Crippen LogP contribution is -1.98. The van der Waals surface area contributed by atoms with E-state index in [1.807, 2.05) is 26.8 Å². The van der Waals surface area contributed by atoms with E-state index in [-0.39, 0.29) is 11.7 Å². The van der Waals surface area contributed by atoms with Gasteiger partial charge in [-0.3, -0.25) is 0 Å². The fraction of sp³-hybridized carbons (Fsp3) is 0.417. The lowest BCUT2D eigenvalue weighted by Gasteiger charge is -2.15. The van der Waals surface area contributed by atoms with Crippen molar-refractivity contribution in [2.24, 2.45) is 0 Å². The van der Waals surface area contributed by atoms with Crippen LogP contribution in [0.5, 0.6) is 5.75 Å². The minimum Gasteiger partial charge on any atom is -0.506 e. The first-order valence-corrected chi connectivity index (χ1v) is 5.70. The van der Waals surface area contributed by atoms with Crippen molar-refractivity contribution in [1.29, 1.82) is 0 Å². The molecule has 1 aromatic carbocycles. The predicted octanol–water partition coefficient (Wildman–Crippen LogP) is 3.46. The van der Waals surface area contributed by atoms with Crippen LogP contribution in [0.4, 0.5) is 0 Å². The van der Waals surface area contributed by atoms with Crippen molar-refractivity contribution < 1.29 is 9.90 Å². The first-order chi connectivity index (χ1) is 6.99. The molecular formula is C12H15BrO2. The Kier molecular flexibility index (Phi) is 3.91. The molecule has 2 nitrogen and oxygen atoms in total. The van der Waals surface area contributed by atoms with Gasteiger partial charge in [-0.15, -0.1) is 0 Å². The van der Waals surface area contributed by atoms with Crippen LogP contribution in [0.15, 0.2) is 10.5 Å². The highest BCUT2D eigenvalue weighted by atomic mass is 79.9. The van der Waals surface area contributed by atoms with Crippen molar-refractivity contribution in [3.8, 4) is 5.75 Å². The monoisotopic (exact) mass is 270 g/mol. The summed E-state index contributed by atoms with van der Waals surface area (Å²) in [5, 5.41) is 9.94. The highest BCUT2D eigenvalue weighted by molar-refractivity contribution is 9.10. The molecule has 82 valence electrons. The van der Waals surface area contributed by atoms with Crippen LogP contribution in [-0.2, 0) is 4.79 Å². The third-order valence-electron chi connectivity index (χ3n) is 2.75. The topological polar surface area (TPSA) is 37.3 Å². The van der Waals surface area contributed by atoms with E-state index < -0.39 is 0 Å². The second-order valence-electron chi connectivity index (χ2n) is 3.87. The largest absolute Gasteiger partial charge is 0.506 e. The minimum atomic E-state index is 0.0538. The SMILES string of the molecule is Cc1cc(C(C)CC=O)c(O)c(Br)c1C. The molecule has 1 atom stereocenters. The molecular weight excluding hydrogens is 256 g/mol. The molecule has 0 aromatic heterocycles. The number of aromatic hydroxyl groups is 1. The first kappa shape index (κ1) is 12.2. The third-order valence-corrected chi connectivity index (χ3v) is 3.73. The number of aldehydes is 1. The van der Waals surface area contributed by atoms with Crippen LogP contribution in [-0.4, -0.2) is 11.4 Å². The van der Waals surface area contributed by atoms with Gasteiger partial charge in [0.1, 0.15) is 12.0 Å². The van der Waals surface area contributed by atoms with Crippen LogP contribution >= 0.6 is 15.9 Å². The van der Waals surface area contributed by atoms with E-state index in [1.165, 1.54) is 0 Å². The van der Waals surface area contributed by atoms with Crippen LogP contribution in [0, 0.1) is 13.8 Å².